The summed E-state index contributed by atoms with van der Waals surface area (Å²) >= 11 is 0. The molecule has 2 fully saturated rings. The number of hydrogen-bond acceptors (Lipinski definition) is 7. The monoisotopic (exact) mass is 512 g/mol. The summed E-state index contributed by atoms with van der Waals surface area (Å²) in [6.45, 7) is 11.0. The maximum atomic E-state index is 13.9. The highest BCUT2D eigenvalue weighted by atomic mass is 16.5. The van der Waals surface area contributed by atoms with Crippen LogP contribution in [0.25, 0.3) is 0 Å². The number of methoxy groups -OCH3 is 1. The highest BCUT2D eigenvalue weighted by Gasteiger charge is 2.78. The largest absolute Gasteiger partial charge is 0.496 e. The van der Waals surface area contributed by atoms with Gasteiger partial charge in [-0.3, -0.25) is 9.69 Å². The summed E-state index contributed by atoms with van der Waals surface area (Å²) in [5.41, 5.74) is 5.38. The minimum atomic E-state index is -2.03. The molecule has 6 atom stereocenters. The van der Waals surface area contributed by atoms with Crippen molar-refractivity contribution >= 4 is 11.6 Å². The first-order chi connectivity index (χ1) is 17.4. The quantitative estimate of drug-likeness (QED) is 0.339. The van der Waals surface area contributed by atoms with E-state index in [0.717, 1.165) is 42.1 Å². The third-order valence-corrected chi connectivity index (χ3v) is 9.81. The van der Waals surface area contributed by atoms with E-state index in [9.17, 15) is 15.0 Å². The van der Waals surface area contributed by atoms with Crippen LogP contribution in [0.3, 0.4) is 0 Å². The Labute approximate surface area is 220 Å². The van der Waals surface area contributed by atoms with Gasteiger partial charge in [0.1, 0.15) is 11.9 Å². The van der Waals surface area contributed by atoms with E-state index >= 15 is 0 Å². The lowest BCUT2D eigenvalue weighted by molar-refractivity contribution is -0.203. The van der Waals surface area contributed by atoms with Crippen molar-refractivity contribution in [1.82, 2.24) is 10.2 Å². The number of amides is 1. The molecule has 5 N–H and O–H groups in total. The predicted octanol–water partition coefficient (Wildman–Crippen LogP) is 1.66. The second kappa shape index (κ2) is 8.70. The van der Waals surface area contributed by atoms with Gasteiger partial charge >= 0.3 is 0 Å². The molecule has 1 saturated heterocycles. The van der Waals surface area contributed by atoms with Crippen LogP contribution in [-0.2, 0) is 15.6 Å². The first-order valence-electron chi connectivity index (χ1n) is 13.7. The lowest BCUT2D eigenvalue weighted by atomic mass is 9.47. The first-order valence-corrected chi connectivity index (χ1v) is 13.7. The van der Waals surface area contributed by atoms with Crippen LogP contribution in [0.1, 0.15) is 58.1 Å². The van der Waals surface area contributed by atoms with Crippen molar-refractivity contribution in [2.45, 2.75) is 81.6 Å². The smallest absolute Gasteiger partial charge is 0.256 e. The number of carbonyl (C=O) groups excluding carboxylic acids is 1. The average Bonchev–Trinajstić information content (AvgIpc) is 3.38. The van der Waals surface area contributed by atoms with Gasteiger partial charge in [0.25, 0.3) is 5.91 Å². The zero-order chi connectivity index (χ0) is 27.0. The molecule has 0 aromatic heterocycles. The summed E-state index contributed by atoms with van der Waals surface area (Å²) in [6.07, 6.45) is 4.93. The summed E-state index contributed by atoms with van der Waals surface area (Å²) in [5, 5.41) is 27.6. The molecule has 1 aromatic rings. The Balaban J connectivity index is 1.80. The predicted molar refractivity (Wildman–Crippen MR) is 145 cm³/mol. The van der Waals surface area contributed by atoms with Crippen molar-refractivity contribution in [3.63, 3.8) is 0 Å². The van der Waals surface area contributed by atoms with Crippen molar-refractivity contribution in [2.75, 3.05) is 45.2 Å². The number of ether oxygens (including phenoxy) is 1. The van der Waals surface area contributed by atoms with Crippen molar-refractivity contribution in [1.29, 1.82) is 0 Å². The van der Waals surface area contributed by atoms with Gasteiger partial charge in [0.2, 0.25) is 0 Å². The highest BCUT2D eigenvalue weighted by Crippen LogP contribution is 2.67. The zero-order valence-electron chi connectivity index (χ0n) is 23.2. The van der Waals surface area contributed by atoms with Crippen LogP contribution in [-0.4, -0.2) is 85.1 Å². The minimum absolute atomic E-state index is 0.0444. The van der Waals surface area contributed by atoms with Crippen LogP contribution < -0.4 is 20.7 Å². The van der Waals surface area contributed by atoms with Crippen LogP contribution in [0.4, 0.5) is 5.69 Å². The Bertz CT molecular complexity index is 1120. The number of hydrogen-bond donors (Lipinski definition) is 4. The summed E-state index contributed by atoms with van der Waals surface area (Å²) < 4.78 is 5.86. The Morgan fingerprint density at radius 3 is 2.65 bits per heavy atom. The fourth-order valence-corrected chi connectivity index (χ4v) is 8.31. The van der Waals surface area contributed by atoms with Crippen LogP contribution in [0.5, 0.6) is 5.75 Å². The normalized spacial score (nSPS) is 36.2. The maximum Gasteiger partial charge on any atom is 0.256 e. The lowest BCUT2D eigenvalue weighted by Gasteiger charge is -2.63. The molecule has 3 unspecified atom stereocenters. The SMILES string of the molecule is CC[C@]12C=CCN3CCC4(c5cc(C(C)(C)C)c(OC)cc5N(C)C4[C@@](O)(C(=O)NCCCN)[C@@H]1O)C32. The Morgan fingerprint density at radius 2 is 2.03 bits per heavy atom. The van der Waals surface area contributed by atoms with Gasteiger partial charge in [-0.05, 0) is 55.0 Å². The van der Waals surface area contributed by atoms with Gasteiger partial charge in [-0.2, -0.15) is 0 Å². The number of anilines is 1. The van der Waals surface area contributed by atoms with Crippen LogP contribution >= 0.6 is 0 Å². The molecule has 1 aliphatic carbocycles. The van der Waals surface area contributed by atoms with Gasteiger partial charge in [-0.15, -0.1) is 0 Å². The molecule has 1 saturated carbocycles. The Morgan fingerprint density at radius 1 is 1.30 bits per heavy atom. The zero-order valence-corrected chi connectivity index (χ0v) is 23.2. The van der Waals surface area contributed by atoms with Crippen molar-refractivity contribution in [3.8, 4) is 5.75 Å². The fourth-order valence-electron chi connectivity index (χ4n) is 8.31. The minimum Gasteiger partial charge on any atom is -0.496 e. The third kappa shape index (κ3) is 3.25. The molecular weight excluding hydrogens is 468 g/mol. The number of aliphatic hydroxyl groups excluding tert-OH is 1. The van der Waals surface area contributed by atoms with Crippen molar-refractivity contribution < 1.29 is 19.7 Å². The van der Waals surface area contributed by atoms with Gasteiger partial charge in [0.05, 0.1) is 13.2 Å². The molecule has 5 rings (SSSR count). The maximum absolute atomic E-state index is 13.9. The number of fused-ring (bicyclic) bond motifs is 1. The van der Waals surface area contributed by atoms with E-state index < -0.39 is 34.5 Å². The second-order valence-corrected chi connectivity index (χ2v) is 12.5. The molecule has 1 spiro atoms. The highest BCUT2D eigenvalue weighted by molar-refractivity contribution is 5.90. The van der Waals surface area contributed by atoms with Gasteiger partial charge in [0.15, 0.2) is 5.60 Å². The molecule has 8 heteroatoms. The van der Waals surface area contributed by atoms with Crippen LogP contribution in [0.15, 0.2) is 24.3 Å². The topological polar surface area (TPSA) is 111 Å². The van der Waals surface area contributed by atoms with E-state index in [0.29, 0.717) is 25.9 Å². The molecule has 37 heavy (non-hydrogen) atoms. The number of benzene rings is 1. The summed E-state index contributed by atoms with van der Waals surface area (Å²) in [6, 6.07) is 3.65. The molecule has 0 bridgehead atoms. The van der Waals surface area contributed by atoms with E-state index in [1.165, 1.54) is 0 Å². The van der Waals surface area contributed by atoms with Gasteiger partial charge < -0.3 is 30.9 Å². The van der Waals surface area contributed by atoms with Gasteiger partial charge in [0, 0.05) is 48.8 Å². The number of rotatable bonds is 6. The number of likely N-dealkylation sites (N-methyl/N-ethyl adjacent to an activating group) is 1. The first kappa shape index (κ1) is 26.5. The van der Waals surface area contributed by atoms with Crippen LogP contribution in [0, 0.1) is 5.41 Å². The average molecular weight is 513 g/mol. The molecule has 204 valence electrons. The molecule has 3 aliphatic heterocycles. The number of aliphatic hydroxyl groups is 2. The number of carbonyl (C=O) groups is 1. The Kier molecular flexibility index (Phi) is 6.22. The Hall–Kier alpha value is -2.13. The van der Waals surface area contributed by atoms with E-state index in [1.54, 1.807) is 7.11 Å². The number of nitrogens with two attached hydrogens (primary N) is 1. The van der Waals surface area contributed by atoms with E-state index in [2.05, 4.69) is 62.2 Å². The molecule has 3 heterocycles. The number of nitrogens with one attached hydrogen (secondary N) is 1. The molecule has 1 amide bonds. The fraction of sp³-hybridized carbons (Fsp3) is 0.690. The summed E-state index contributed by atoms with van der Waals surface area (Å²) in [5.74, 6) is 0.272. The van der Waals surface area contributed by atoms with Crippen LogP contribution in [0.2, 0.25) is 0 Å². The van der Waals surface area contributed by atoms with E-state index in [4.69, 9.17) is 10.5 Å². The second-order valence-electron chi connectivity index (χ2n) is 12.5. The summed E-state index contributed by atoms with van der Waals surface area (Å²) in [4.78, 5) is 18.4. The van der Waals surface area contributed by atoms with Gasteiger partial charge in [-0.1, -0.05) is 39.8 Å². The standard InChI is InChI=1S/C29H44N4O4/c1-7-27-10-8-14-33-15-11-28(22(27)33)18-16-19(26(2,3)4)21(37-6)17-20(18)32(5)23(28)29(36,24(27)34)25(35)31-13-9-12-30/h8,10,16-17,22-24,34,36H,7,9,11-15,30H2,1-6H3,(H,31,35)/t22?,23?,24-,27-,28?,29+/m1/s1. The third-order valence-electron chi connectivity index (χ3n) is 9.81. The number of nitrogens with zero attached hydrogens (tertiary/aromatic N) is 2. The lowest BCUT2D eigenvalue weighted by Crippen LogP contribution is -2.81. The van der Waals surface area contributed by atoms with Crippen molar-refractivity contribution in [3.05, 3.63) is 35.4 Å². The van der Waals surface area contributed by atoms with E-state index in [-0.39, 0.29) is 11.5 Å². The molecule has 8 nitrogen and oxygen atoms in total. The molecule has 0 radical (unpaired) electrons. The molecule has 1 aromatic carbocycles. The molecular formula is C29H44N4O4. The van der Waals surface area contributed by atoms with E-state index in [1.807, 2.05) is 11.9 Å². The molecule has 4 aliphatic rings. The van der Waals surface area contributed by atoms with Gasteiger partial charge in [-0.25, -0.2) is 0 Å². The summed E-state index contributed by atoms with van der Waals surface area (Å²) in [7, 11) is 3.63. The van der Waals surface area contributed by atoms with Crippen molar-refractivity contribution in [2.24, 2.45) is 11.1 Å².